The Morgan fingerprint density at radius 2 is 1.72 bits per heavy atom. The molecule has 2 aromatic carbocycles. The van der Waals surface area contributed by atoms with Crippen LogP contribution in [-0.4, -0.2) is 92.3 Å². The summed E-state index contributed by atoms with van der Waals surface area (Å²) in [6.07, 6.45) is 3.01. The van der Waals surface area contributed by atoms with Crippen molar-refractivity contribution in [3.63, 3.8) is 0 Å². The number of urea groups is 1. The Bertz CT molecular complexity index is 1050. The van der Waals surface area contributed by atoms with E-state index < -0.39 is 0 Å². The van der Waals surface area contributed by atoms with Crippen LogP contribution in [0.3, 0.4) is 0 Å². The average Bonchev–Trinajstić information content (AvgIpc) is 2.96. The molecule has 9 heteroatoms. The van der Waals surface area contributed by atoms with Crippen molar-refractivity contribution in [2.75, 3.05) is 64.9 Å². The van der Waals surface area contributed by atoms with Gasteiger partial charge in [-0.3, -0.25) is 4.79 Å². The number of hydrogen-bond donors (Lipinski definition) is 1. The summed E-state index contributed by atoms with van der Waals surface area (Å²) in [6.45, 7) is 10.9. The number of nitrogens with zero attached hydrogens (tertiary/aromatic N) is 3. The maximum atomic E-state index is 12.8. The van der Waals surface area contributed by atoms with Crippen molar-refractivity contribution in [3.8, 4) is 5.75 Å². The summed E-state index contributed by atoms with van der Waals surface area (Å²) in [7, 11) is 1.61. The van der Waals surface area contributed by atoms with Crippen LogP contribution in [0.25, 0.3) is 0 Å². The van der Waals surface area contributed by atoms with Gasteiger partial charge in [0.15, 0.2) is 0 Å². The summed E-state index contributed by atoms with van der Waals surface area (Å²) >= 11 is 0. The average molecular weight is 559 g/mol. The molecule has 2 aliphatic rings. The van der Waals surface area contributed by atoms with Crippen LogP contribution in [0.4, 0.5) is 10.5 Å². The van der Waals surface area contributed by atoms with Crippen LogP contribution in [0.2, 0.25) is 0 Å². The molecular formula is C30H43ClN4O4. The van der Waals surface area contributed by atoms with Gasteiger partial charge in [0.25, 0.3) is 5.91 Å². The molecule has 0 bridgehead atoms. The third-order valence-electron chi connectivity index (χ3n) is 7.76. The van der Waals surface area contributed by atoms with E-state index in [2.05, 4.69) is 36.2 Å². The predicted molar refractivity (Wildman–Crippen MR) is 157 cm³/mol. The number of carbonyl (C=O) groups is 2. The van der Waals surface area contributed by atoms with E-state index in [9.17, 15) is 9.59 Å². The summed E-state index contributed by atoms with van der Waals surface area (Å²) in [5, 5.41) is 3.02. The lowest BCUT2D eigenvalue weighted by molar-refractivity contribution is 0.0387. The van der Waals surface area contributed by atoms with E-state index in [0.29, 0.717) is 43.8 Å². The molecule has 0 aromatic heterocycles. The Balaban J connectivity index is 0.00000420. The largest absolute Gasteiger partial charge is 0.497 e. The number of piperidine rings is 1. The lowest BCUT2D eigenvalue weighted by atomic mass is 9.95. The zero-order chi connectivity index (χ0) is 26.9. The van der Waals surface area contributed by atoms with Crippen molar-refractivity contribution in [3.05, 3.63) is 59.7 Å². The molecule has 2 aliphatic heterocycles. The van der Waals surface area contributed by atoms with Gasteiger partial charge >= 0.3 is 6.03 Å². The smallest absolute Gasteiger partial charge is 0.320 e. The second-order valence-electron chi connectivity index (χ2n) is 10.3. The number of carbonyl (C=O) groups excluding carboxylic acids is 2. The monoisotopic (exact) mass is 558 g/mol. The van der Waals surface area contributed by atoms with Crippen LogP contribution in [0, 0.1) is 5.92 Å². The van der Waals surface area contributed by atoms with Crippen molar-refractivity contribution in [2.24, 2.45) is 5.92 Å². The molecule has 4 rings (SSSR count). The molecule has 1 unspecified atom stereocenters. The fourth-order valence-electron chi connectivity index (χ4n) is 5.41. The number of anilines is 1. The molecule has 0 spiro atoms. The number of rotatable bonds is 9. The fourth-order valence-corrected chi connectivity index (χ4v) is 5.41. The number of likely N-dealkylation sites (tertiary alicyclic amines) is 1. The number of nitrogens with one attached hydrogen (secondary N) is 1. The molecule has 0 radical (unpaired) electrons. The quantitative estimate of drug-likeness (QED) is 0.479. The molecule has 8 nitrogen and oxygen atoms in total. The molecule has 1 atom stereocenters. The van der Waals surface area contributed by atoms with E-state index in [1.54, 1.807) is 31.4 Å². The fraction of sp³-hybridized carbons (Fsp3) is 0.533. The second kappa shape index (κ2) is 15.1. The van der Waals surface area contributed by atoms with E-state index in [4.69, 9.17) is 9.47 Å². The van der Waals surface area contributed by atoms with Crippen LogP contribution in [-0.2, 0) is 11.2 Å². The number of morpholine rings is 1. The van der Waals surface area contributed by atoms with Gasteiger partial charge in [0.1, 0.15) is 5.75 Å². The number of halogens is 1. The van der Waals surface area contributed by atoms with Crippen LogP contribution < -0.4 is 10.1 Å². The first-order chi connectivity index (χ1) is 18.5. The molecule has 39 heavy (non-hydrogen) atoms. The first-order valence-corrected chi connectivity index (χ1v) is 13.9. The Labute approximate surface area is 239 Å². The number of hydrogen-bond acceptors (Lipinski definition) is 5. The first-order valence-electron chi connectivity index (χ1n) is 13.9. The van der Waals surface area contributed by atoms with Crippen molar-refractivity contribution in [1.82, 2.24) is 14.7 Å². The number of methoxy groups -OCH3 is 1. The highest BCUT2D eigenvalue weighted by Crippen LogP contribution is 2.22. The van der Waals surface area contributed by atoms with Crippen molar-refractivity contribution < 1.29 is 19.1 Å². The molecule has 3 amide bonds. The highest BCUT2D eigenvalue weighted by molar-refractivity contribution is 6.04. The van der Waals surface area contributed by atoms with E-state index >= 15 is 0 Å². The zero-order valence-corrected chi connectivity index (χ0v) is 24.3. The van der Waals surface area contributed by atoms with Gasteiger partial charge in [0, 0.05) is 50.0 Å². The van der Waals surface area contributed by atoms with Crippen LogP contribution in [0.5, 0.6) is 5.75 Å². The number of ether oxygens (including phenoxy) is 2. The minimum Gasteiger partial charge on any atom is -0.497 e. The Hall–Kier alpha value is -2.81. The highest BCUT2D eigenvalue weighted by atomic mass is 35.5. The molecule has 0 saturated carbocycles. The van der Waals surface area contributed by atoms with Gasteiger partial charge in [-0.25, -0.2) is 4.79 Å². The van der Waals surface area contributed by atoms with Gasteiger partial charge in [-0.1, -0.05) is 19.1 Å². The maximum Gasteiger partial charge on any atom is 0.320 e. The van der Waals surface area contributed by atoms with Crippen molar-refractivity contribution >= 4 is 30.0 Å². The Kier molecular flexibility index (Phi) is 11.9. The molecule has 2 fully saturated rings. The van der Waals surface area contributed by atoms with Crippen LogP contribution in [0.1, 0.15) is 42.6 Å². The molecule has 2 aromatic rings. The number of benzene rings is 2. The number of amides is 3. The van der Waals surface area contributed by atoms with Gasteiger partial charge in [0.2, 0.25) is 0 Å². The molecule has 1 N–H and O–H groups in total. The zero-order valence-electron chi connectivity index (χ0n) is 23.4. The van der Waals surface area contributed by atoms with Gasteiger partial charge in [-0.2, -0.15) is 0 Å². The standard InChI is InChI=1S/C30H42N4O4.ClH/c1-4-32(22-24-12-14-33(15-13-24)30(36)34-16-18-38-19-17-34)23(2)20-25-6-5-7-27(21-25)31-29(35)26-8-10-28(37-3)11-9-26;/h5-11,21,23-24H,4,12-20,22H2,1-3H3,(H,31,35);1H. The molecule has 2 saturated heterocycles. The molecular weight excluding hydrogens is 516 g/mol. The summed E-state index contributed by atoms with van der Waals surface area (Å²) in [5.74, 6) is 1.19. The van der Waals surface area contributed by atoms with E-state index in [-0.39, 0.29) is 24.3 Å². The summed E-state index contributed by atoms with van der Waals surface area (Å²) in [4.78, 5) is 32.0. The van der Waals surface area contributed by atoms with Gasteiger partial charge in [-0.15, -0.1) is 12.4 Å². The minimum absolute atomic E-state index is 0. The lowest BCUT2D eigenvalue weighted by Gasteiger charge is -2.39. The summed E-state index contributed by atoms with van der Waals surface area (Å²) < 4.78 is 10.6. The SMILES string of the molecule is CCN(CC1CCN(C(=O)N2CCOCC2)CC1)C(C)Cc1cccc(NC(=O)c2ccc(OC)cc2)c1.Cl. The Morgan fingerprint density at radius 3 is 2.36 bits per heavy atom. The first kappa shape index (κ1) is 30.7. The minimum atomic E-state index is -0.133. The van der Waals surface area contributed by atoms with Gasteiger partial charge in [-0.05, 0) is 80.6 Å². The van der Waals surface area contributed by atoms with E-state index in [1.165, 1.54) is 5.56 Å². The van der Waals surface area contributed by atoms with Crippen molar-refractivity contribution in [2.45, 2.75) is 39.2 Å². The number of likely N-dealkylation sites (N-methyl/N-ethyl adjacent to an activating group) is 1. The van der Waals surface area contributed by atoms with Gasteiger partial charge in [0.05, 0.1) is 20.3 Å². The van der Waals surface area contributed by atoms with Crippen molar-refractivity contribution in [1.29, 1.82) is 0 Å². The Morgan fingerprint density at radius 1 is 1.05 bits per heavy atom. The lowest BCUT2D eigenvalue weighted by Crippen LogP contribution is -2.51. The normalized spacial score (nSPS) is 16.9. The summed E-state index contributed by atoms with van der Waals surface area (Å²) in [5.41, 5.74) is 2.60. The van der Waals surface area contributed by atoms with Gasteiger partial charge < -0.3 is 29.5 Å². The van der Waals surface area contributed by atoms with E-state index in [0.717, 1.165) is 56.9 Å². The summed E-state index contributed by atoms with van der Waals surface area (Å²) in [6, 6.07) is 15.8. The van der Waals surface area contributed by atoms with Crippen LogP contribution in [0.15, 0.2) is 48.5 Å². The molecule has 214 valence electrons. The topological polar surface area (TPSA) is 74.4 Å². The highest BCUT2D eigenvalue weighted by Gasteiger charge is 2.28. The maximum absolute atomic E-state index is 12.8. The third-order valence-corrected chi connectivity index (χ3v) is 7.76. The predicted octanol–water partition coefficient (Wildman–Crippen LogP) is 4.79. The second-order valence-corrected chi connectivity index (χ2v) is 10.3. The van der Waals surface area contributed by atoms with E-state index in [1.807, 2.05) is 21.9 Å². The third kappa shape index (κ3) is 8.59. The van der Waals surface area contributed by atoms with Crippen LogP contribution >= 0.6 is 12.4 Å². The molecule has 2 heterocycles. The molecule has 0 aliphatic carbocycles.